The average molecular weight is 283 g/mol. The van der Waals surface area contributed by atoms with Crippen LogP contribution in [-0.4, -0.2) is 23.5 Å². The quantitative estimate of drug-likeness (QED) is 0.809. The second-order valence-corrected chi connectivity index (χ2v) is 6.38. The van der Waals surface area contributed by atoms with Gasteiger partial charge in [-0.1, -0.05) is 6.92 Å². The van der Waals surface area contributed by atoms with E-state index in [-0.39, 0.29) is 18.0 Å². The van der Waals surface area contributed by atoms with Gasteiger partial charge >= 0.3 is 0 Å². The highest BCUT2D eigenvalue weighted by Crippen LogP contribution is 2.22. The predicted molar refractivity (Wildman–Crippen MR) is 80.5 cm³/mol. The van der Waals surface area contributed by atoms with Crippen LogP contribution in [0.15, 0.2) is 0 Å². The zero-order valence-corrected chi connectivity index (χ0v) is 13.4. The Hall–Kier alpha value is -0.940. The first-order chi connectivity index (χ1) is 8.93. The number of carbonyl (C=O) groups excluding carboxylic acids is 1. The largest absolute Gasteiger partial charge is 0.354 e. The van der Waals surface area contributed by atoms with Crippen molar-refractivity contribution in [3.8, 4) is 0 Å². The molecule has 19 heavy (non-hydrogen) atoms. The summed E-state index contributed by atoms with van der Waals surface area (Å²) in [7, 11) is 0. The van der Waals surface area contributed by atoms with Crippen molar-refractivity contribution in [3.63, 3.8) is 0 Å². The van der Waals surface area contributed by atoms with E-state index in [1.807, 2.05) is 13.8 Å². The highest BCUT2D eigenvalue weighted by atomic mass is 32.1. The fourth-order valence-electron chi connectivity index (χ4n) is 1.89. The van der Waals surface area contributed by atoms with Crippen molar-refractivity contribution in [2.24, 2.45) is 0 Å². The first-order valence-corrected chi connectivity index (χ1v) is 7.72. The maximum Gasteiger partial charge on any atom is 0.221 e. The lowest BCUT2D eigenvalue weighted by Crippen LogP contribution is -2.34. The Labute approximate surface area is 120 Å². The van der Waals surface area contributed by atoms with E-state index in [0.717, 1.165) is 17.1 Å². The van der Waals surface area contributed by atoms with E-state index in [4.69, 9.17) is 0 Å². The Morgan fingerprint density at radius 3 is 2.58 bits per heavy atom. The van der Waals surface area contributed by atoms with Crippen LogP contribution in [0.5, 0.6) is 0 Å². The molecule has 2 atom stereocenters. The fourth-order valence-corrected chi connectivity index (χ4v) is 2.81. The minimum atomic E-state index is 0.111. The minimum Gasteiger partial charge on any atom is -0.354 e. The summed E-state index contributed by atoms with van der Waals surface area (Å²) in [6, 6.07) is 0.453. The number of nitrogens with zero attached hydrogens (tertiary/aromatic N) is 1. The normalized spacial score (nSPS) is 14.2. The van der Waals surface area contributed by atoms with Gasteiger partial charge in [-0.05, 0) is 34.1 Å². The molecule has 0 saturated carbocycles. The minimum absolute atomic E-state index is 0.111. The van der Waals surface area contributed by atoms with Crippen LogP contribution in [0.3, 0.4) is 0 Å². The Morgan fingerprint density at radius 1 is 1.37 bits per heavy atom. The van der Waals surface area contributed by atoms with Crippen LogP contribution in [0, 0.1) is 13.8 Å². The van der Waals surface area contributed by atoms with Gasteiger partial charge in [-0.25, -0.2) is 4.98 Å². The van der Waals surface area contributed by atoms with Gasteiger partial charge in [0.1, 0.15) is 0 Å². The van der Waals surface area contributed by atoms with Gasteiger partial charge in [0.05, 0.1) is 10.7 Å². The molecule has 1 aromatic heterocycles. The molecule has 1 rings (SSSR count). The third-order valence-electron chi connectivity index (χ3n) is 3.17. The fraction of sp³-hybridized carbons (Fsp3) is 0.714. The number of hydrogen-bond donors (Lipinski definition) is 2. The molecule has 0 aliphatic carbocycles. The van der Waals surface area contributed by atoms with Crippen LogP contribution in [0.4, 0.5) is 0 Å². The summed E-state index contributed by atoms with van der Waals surface area (Å²) in [5, 5.41) is 7.42. The monoisotopic (exact) mass is 283 g/mol. The molecule has 2 N–H and O–H groups in total. The van der Waals surface area contributed by atoms with Gasteiger partial charge in [-0.3, -0.25) is 4.79 Å². The topological polar surface area (TPSA) is 54.0 Å². The summed E-state index contributed by atoms with van der Waals surface area (Å²) in [4.78, 5) is 17.4. The first kappa shape index (κ1) is 16.1. The van der Waals surface area contributed by atoms with Gasteiger partial charge in [0.25, 0.3) is 0 Å². The number of thiazole rings is 1. The number of carbonyl (C=O) groups is 1. The smallest absolute Gasteiger partial charge is 0.221 e. The second-order valence-electron chi connectivity index (χ2n) is 4.98. The molecule has 0 aliphatic heterocycles. The highest BCUT2D eigenvalue weighted by Gasteiger charge is 2.13. The van der Waals surface area contributed by atoms with E-state index >= 15 is 0 Å². The molecule has 2 unspecified atom stereocenters. The Kier molecular flexibility index (Phi) is 6.45. The molecule has 108 valence electrons. The number of aryl methyl sites for hydroxylation is 2. The summed E-state index contributed by atoms with van der Waals surface area (Å²) < 4.78 is 0. The Morgan fingerprint density at radius 2 is 2.05 bits per heavy atom. The van der Waals surface area contributed by atoms with Crippen molar-refractivity contribution in [3.05, 3.63) is 15.6 Å². The highest BCUT2D eigenvalue weighted by molar-refractivity contribution is 7.11. The summed E-state index contributed by atoms with van der Waals surface area (Å²) in [5.74, 6) is 0.111. The lowest BCUT2D eigenvalue weighted by atomic mass is 10.2. The van der Waals surface area contributed by atoms with E-state index in [9.17, 15) is 4.79 Å². The average Bonchev–Trinajstić information content (AvgIpc) is 2.68. The van der Waals surface area contributed by atoms with Crippen LogP contribution >= 0.6 is 11.3 Å². The van der Waals surface area contributed by atoms with Gasteiger partial charge in [0, 0.05) is 29.9 Å². The number of amides is 1. The van der Waals surface area contributed by atoms with Crippen molar-refractivity contribution in [1.82, 2.24) is 15.6 Å². The second kappa shape index (κ2) is 7.60. The maximum absolute atomic E-state index is 11.6. The first-order valence-electron chi connectivity index (χ1n) is 6.90. The van der Waals surface area contributed by atoms with Crippen molar-refractivity contribution in [2.75, 3.05) is 6.54 Å². The lowest BCUT2D eigenvalue weighted by molar-refractivity contribution is -0.121. The van der Waals surface area contributed by atoms with Crippen molar-refractivity contribution in [1.29, 1.82) is 0 Å². The van der Waals surface area contributed by atoms with Crippen molar-refractivity contribution in [2.45, 2.75) is 59.5 Å². The third kappa shape index (κ3) is 5.28. The van der Waals surface area contributed by atoms with Gasteiger partial charge in [0.2, 0.25) is 5.91 Å². The molecule has 4 nitrogen and oxygen atoms in total. The molecular weight excluding hydrogens is 258 g/mol. The van der Waals surface area contributed by atoms with Crippen molar-refractivity contribution < 1.29 is 4.79 Å². The third-order valence-corrected chi connectivity index (χ3v) is 4.07. The Balaban J connectivity index is 2.33. The van der Waals surface area contributed by atoms with Crippen LogP contribution in [0.2, 0.25) is 0 Å². The van der Waals surface area contributed by atoms with Crippen LogP contribution in [0.1, 0.15) is 55.2 Å². The van der Waals surface area contributed by atoms with Gasteiger partial charge in [0.15, 0.2) is 0 Å². The SMILES string of the molecule is CCC(C)NC(=O)CCNC(C)c1nc(C)sc1C. The van der Waals surface area contributed by atoms with E-state index in [0.29, 0.717) is 13.0 Å². The van der Waals surface area contributed by atoms with E-state index in [1.54, 1.807) is 11.3 Å². The van der Waals surface area contributed by atoms with Crippen LogP contribution in [-0.2, 0) is 4.79 Å². The molecule has 1 heterocycles. The molecule has 1 aromatic rings. The lowest BCUT2D eigenvalue weighted by Gasteiger charge is -2.14. The zero-order chi connectivity index (χ0) is 14.4. The molecule has 0 radical (unpaired) electrons. The maximum atomic E-state index is 11.6. The molecule has 0 saturated heterocycles. The number of aromatic nitrogens is 1. The zero-order valence-electron chi connectivity index (χ0n) is 12.5. The summed E-state index contributed by atoms with van der Waals surface area (Å²) in [6.45, 7) is 11.0. The number of nitrogens with one attached hydrogen (secondary N) is 2. The Bertz CT molecular complexity index is 417. The van der Waals surface area contributed by atoms with Gasteiger partial charge in [-0.15, -0.1) is 11.3 Å². The number of hydrogen-bond acceptors (Lipinski definition) is 4. The molecule has 0 spiro atoms. The molecule has 0 aromatic carbocycles. The molecular formula is C14H25N3OS. The van der Waals surface area contributed by atoms with Gasteiger partial charge in [-0.2, -0.15) is 0 Å². The molecule has 0 aliphatic rings. The van der Waals surface area contributed by atoms with Gasteiger partial charge < -0.3 is 10.6 Å². The van der Waals surface area contributed by atoms with E-state index < -0.39 is 0 Å². The van der Waals surface area contributed by atoms with E-state index in [2.05, 4.69) is 36.4 Å². The molecule has 1 amide bonds. The summed E-state index contributed by atoms with van der Waals surface area (Å²) in [5.41, 5.74) is 1.10. The predicted octanol–water partition coefficient (Wildman–Crippen LogP) is 2.72. The van der Waals surface area contributed by atoms with Crippen molar-refractivity contribution >= 4 is 17.2 Å². The van der Waals surface area contributed by atoms with Crippen LogP contribution in [0.25, 0.3) is 0 Å². The standard InChI is InChI=1S/C14H25N3OS/c1-6-9(2)16-13(18)7-8-15-10(3)14-11(4)19-12(5)17-14/h9-10,15H,6-8H2,1-5H3,(H,16,18). The number of rotatable bonds is 7. The molecule has 5 heteroatoms. The van der Waals surface area contributed by atoms with Crippen LogP contribution < -0.4 is 10.6 Å². The summed E-state index contributed by atoms with van der Waals surface area (Å²) >= 11 is 1.72. The summed E-state index contributed by atoms with van der Waals surface area (Å²) in [6.07, 6.45) is 1.48. The molecule has 0 fully saturated rings. The van der Waals surface area contributed by atoms with E-state index in [1.165, 1.54) is 4.88 Å². The molecule has 0 bridgehead atoms.